The number of nitro benzene ring substituents is 1. The number of hydrogen-bond acceptors (Lipinski definition) is 6. The molecule has 0 bridgehead atoms. The summed E-state index contributed by atoms with van der Waals surface area (Å²) < 4.78 is 10.6. The Kier molecular flexibility index (Phi) is 3.81. The molecule has 0 fully saturated rings. The van der Waals surface area contributed by atoms with Crippen molar-refractivity contribution in [3.63, 3.8) is 0 Å². The summed E-state index contributed by atoms with van der Waals surface area (Å²) in [4.78, 5) is 21.9. The first-order valence-electron chi connectivity index (χ1n) is 5.64. The smallest absolute Gasteiger partial charge is 0.296 e. The van der Waals surface area contributed by atoms with Crippen LogP contribution in [0.1, 0.15) is 0 Å². The molecule has 0 aromatic heterocycles. The Morgan fingerprint density at radius 3 is 2.58 bits per heavy atom. The van der Waals surface area contributed by atoms with Gasteiger partial charge in [-0.2, -0.15) is 0 Å². The van der Waals surface area contributed by atoms with E-state index in [4.69, 9.17) is 9.47 Å². The topological polar surface area (TPSA) is 103 Å². The molecule has 1 aliphatic heterocycles. The third-order valence-corrected chi connectivity index (χ3v) is 2.47. The van der Waals surface area contributed by atoms with Crippen LogP contribution < -0.4 is 20.1 Å². The summed E-state index contributed by atoms with van der Waals surface area (Å²) in [5.41, 5.74) is -0.136. The predicted octanol–water partition coefficient (Wildman–Crippen LogP) is 0.524. The third-order valence-electron chi connectivity index (χ3n) is 2.47. The first-order valence-corrected chi connectivity index (χ1v) is 5.64. The predicted molar refractivity (Wildman–Crippen MR) is 66.6 cm³/mol. The van der Waals surface area contributed by atoms with E-state index in [1.54, 1.807) is 7.05 Å². The third kappa shape index (κ3) is 2.91. The van der Waals surface area contributed by atoms with E-state index in [1.165, 1.54) is 12.1 Å². The molecular weight excluding hydrogens is 254 g/mol. The Morgan fingerprint density at radius 1 is 1.37 bits per heavy atom. The molecule has 0 aliphatic carbocycles. The van der Waals surface area contributed by atoms with Gasteiger partial charge in [-0.15, -0.1) is 0 Å². The SMILES string of the molecule is CNCC(=O)Nc1cc2c(cc1[N+](=O)[O-])OCCO2. The van der Waals surface area contributed by atoms with Crippen LogP contribution in [0, 0.1) is 10.1 Å². The molecule has 0 unspecified atom stereocenters. The van der Waals surface area contributed by atoms with Crippen LogP contribution in [0.2, 0.25) is 0 Å². The minimum absolute atomic E-state index is 0.0611. The number of nitro groups is 1. The Morgan fingerprint density at radius 2 is 2.00 bits per heavy atom. The van der Waals surface area contributed by atoms with Crippen molar-refractivity contribution in [2.24, 2.45) is 0 Å². The largest absolute Gasteiger partial charge is 0.486 e. The standard InChI is InChI=1S/C11H13N3O5/c1-12-6-11(15)13-7-4-9-10(19-3-2-18-9)5-8(7)14(16)17/h4-5,12H,2-3,6H2,1H3,(H,13,15). The number of carbonyl (C=O) groups excluding carboxylic acids is 1. The molecule has 0 spiro atoms. The van der Waals surface area contributed by atoms with Gasteiger partial charge in [0, 0.05) is 6.07 Å². The highest BCUT2D eigenvalue weighted by molar-refractivity contribution is 5.95. The molecule has 0 atom stereocenters. The van der Waals surface area contributed by atoms with E-state index in [0.29, 0.717) is 24.7 Å². The van der Waals surface area contributed by atoms with Crippen LogP contribution in [0.4, 0.5) is 11.4 Å². The lowest BCUT2D eigenvalue weighted by Crippen LogP contribution is -2.25. The molecule has 102 valence electrons. The zero-order chi connectivity index (χ0) is 13.8. The number of nitrogens with one attached hydrogen (secondary N) is 2. The Hall–Kier alpha value is -2.35. The van der Waals surface area contributed by atoms with Crippen molar-refractivity contribution < 1.29 is 19.2 Å². The van der Waals surface area contributed by atoms with E-state index in [0.717, 1.165) is 0 Å². The normalized spacial score (nSPS) is 12.9. The van der Waals surface area contributed by atoms with Crippen molar-refractivity contribution in [2.45, 2.75) is 0 Å². The average Bonchev–Trinajstić information content (AvgIpc) is 2.38. The summed E-state index contributed by atoms with van der Waals surface area (Å²) in [6, 6.07) is 2.66. The fourth-order valence-corrected chi connectivity index (χ4v) is 1.68. The second-order valence-electron chi connectivity index (χ2n) is 3.85. The molecule has 1 heterocycles. The lowest BCUT2D eigenvalue weighted by molar-refractivity contribution is -0.384. The number of ether oxygens (including phenoxy) is 2. The molecule has 8 heteroatoms. The zero-order valence-electron chi connectivity index (χ0n) is 10.3. The summed E-state index contributed by atoms with van der Waals surface area (Å²) >= 11 is 0. The molecule has 0 saturated heterocycles. The Labute approximate surface area is 108 Å². The van der Waals surface area contributed by atoms with Gasteiger partial charge in [-0.25, -0.2) is 0 Å². The molecule has 0 saturated carbocycles. The van der Waals surface area contributed by atoms with Crippen molar-refractivity contribution in [1.29, 1.82) is 0 Å². The molecule has 1 aromatic carbocycles. The van der Waals surface area contributed by atoms with Gasteiger partial charge >= 0.3 is 0 Å². The van der Waals surface area contributed by atoms with Gasteiger partial charge < -0.3 is 20.1 Å². The van der Waals surface area contributed by atoms with Gasteiger partial charge in [0.1, 0.15) is 18.9 Å². The number of carbonyl (C=O) groups is 1. The summed E-state index contributed by atoms with van der Waals surface area (Å²) in [5, 5.41) is 16.1. The lowest BCUT2D eigenvalue weighted by Gasteiger charge is -2.19. The summed E-state index contributed by atoms with van der Waals surface area (Å²) in [7, 11) is 1.61. The van der Waals surface area contributed by atoms with Crippen LogP contribution >= 0.6 is 0 Å². The first kappa shape index (κ1) is 13.1. The molecule has 2 rings (SSSR count). The van der Waals surface area contributed by atoms with Crippen molar-refractivity contribution in [2.75, 3.05) is 32.1 Å². The Balaban J connectivity index is 2.34. The van der Waals surface area contributed by atoms with Crippen LogP contribution in [0.3, 0.4) is 0 Å². The summed E-state index contributed by atoms with van der Waals surface area (Å²) in [6.07, 6.45) is 0. The van der Waals surface area contributed by atoms with Crippen LogP contribution in [0.5, 0.6) is 11.5 Å². The lowest BCUT2D eigenvalue weighted by atomic mass is 10.2. The first-order chi connectivity index (χ1) is 9.11. The summed E-state index contributed by atoms with van der Waals surface area (Å²) in [6.45, 7) is 0.774. The molecule has 1 amide bonds. The number of amides is 1. The van der Waals surface area contributed by atoms with Gasteiger partial charge in [0.25, 0.3) is 5.69 Å². The van der Waals surface area contributed by atoms with E-state index < -0.39 is 4.92 Å². The molecule has 19 heavy (non-hydrogen) atoms. The molecular formula is C11H13N3O5. The highest BCUT2D eigenvalue weighted by Gasteiger charge is 2.23. The number of anilines is 1. The highest BCUT2D eigenvalue weighted by atomic mass is 16.6. The van der Waals surface area contributed by atoms with Gasteiger partial charge in [0.2, 0.25) is 5.91 Å². The van der Waals surface area contributed by atoms with Crippen molar-refractivity contribution in [1.82, 2.24) is 5.32 Å². The number of rotatable bonds is 4. The molecule has 2 N–H and O–H groups in total. The fourth-order valence-electron chi connectivity index (χ4n) is 1.68. The van der Waals surface area contributed by atoms with Crippen LogP contribution in [-0.2, 0) is 4.79 Å². The van der Waals surface area contributed by atoms with Gasteiger partial charge in [-0.05, 0) is 7.05 Å². The highest BCUT2D eigenvalue weighted by Crippen LogP contribution is 2.39. The second kappa shape index (κ2) is 5.53. The van der Waals surface area contributed by atoms with Crippen molar-refractivity contribution >= 4 is 17.3 Å². The fraction of sp³-hybridized carbons (Fsp3) is 0.364. The molecule has 1 aromatic rings. The monoisotopic (exact) mass is 267 g/mol. The van der Waals surface area contributed by atoms with E-state index in [1.807, 2.05) is 0 Å². The number of fused-ring (bicyclic) bond motifs is 1. The van der Waals surface area contributed by atoms with E-state index >= 15 is 0 Å². The van der Waals surface area contributed by atoms with Gasteiger partial charge in [0.15, 0.2) is 11.5 Å². The zero-order valence-corrected chi connectivity index (χ0v) is 10.3. The number of hydrogen-bond donors (Lipinski definition) is 2. The van der Waals surface area contributed by atoms with Gasteiger partial charge in [-0.1, -0.05) is 0 Å². The van der Waals surface area contributed by atoms with Gasteiger partial charge in [-0.3, -0.25) is 14.9 Å². The average molecular weight is 267 g/mol. The van der Waals surface area contributed by atoms with Crippen molar-refractivity contribution in [3.05, 3.63) is 22.2 Å². The van der Waals surface area contributed by atoms with Crippen LogP contribution in [0.25, 0.3) is 0 Å². The number of likely N-dealkylation sites (N-methyl/N-ethyl adjacent to an activating group) is 1. The Bertz CT molecular complexity index is 517. The van der Waals surface area contributed by atoms with E-state index in [-0.39, 0.29) is 23.8 Å². The minimum Gasteiger partial charge on any atom is -0.486 e. The molecule has 0 radical (unpaired) electrons. The molecule has 8 nitrogen and oxygen atoms in total. The van der Waals surface area contributed by atoms with Crippen LogP contribution in [-0.4, -0.2) is 37.6 Å². The maximum atomic E-state index is 11.5. The molecule has 1 aliphatic rings. The number of benzene rings is 1. The number of nitrogens with zero attached hydrogens (tertiary/aromatic N) is 1. The minimum atomic E-state index is -0.576. The second-order valence-corrected chi connectivity index (χ2v) is 3.85. The summed E-state index contributed by atoms with van der Waals surface area (Å²) in [5.74, 6) is 0.323. The maximum absolute atomic E-state index is 11.5. The van der Waals surface area contributed by atoms with E-state index in [2.05, 4.69) is 10.6 Å². The quantitative estimate of drug-likeness (QED) is 0.609. The van der Waals surface area contributed by atoms with Crippen molar-refractivity contribution in [3.8, 4) is 11.5 Å². The maximum Gasteiger partial charge on any atom is 0.296 e. The van der Waals surface area contributed by atoms with Gasteiger partial charge in [0.05, 0.1) is 17.5 Å². The van der Waals surface area contributed by atoms with Crippen LogP contribution in [0.15, 0.2) is 12.1 Å². The van der Waals surface area contributed by atoms with E-state index in [9.17, 15) is 14.9 Å².